The van der Waals surface area contributed by atoms with Gasteiger partial charge in [-0.05, 0) is 47.6 Å². The van der Waals surface area contributed by atoms with Crippen molar-refractivity contribution in [1.29, 1.82) is 0 Å². The number of nitrogens with zero attached hydrogens (tertiary/aromatic N) is 1. The number of phenols is 1. The Balaban J connectivity index is 1.78. The number of hydroxylamine groups is 2. The lowest BCUT2D eigenvalue weighted by atomic mass is 9.77. The first-order chi connectivity index (χ1) is 15.1. The Morgan fingerprint density at radius 1 is 1.22 bits per heavy atom. The molecule has 2 aromatic carbocycles. The molecule has 1 aliphatic heterocycles. The monoisotopic (exact) mass is 475 g/mol. The highest BCUT2D eigenvalue weighted by Crippen LogP contribution is 2.51. The van der Waals surface area contributed by atoms with Crippen LogP contribution in [-0.2, 0) is 27.8 Å². The van der Waals surface area contributed by atoms with Gasteiger partial charge in [0.2, 0.25) is 0 Å². The summed E-state index contributed by atoms with van der Waals surface area (Å²) in [6.07, 6.45) is 0.820. The SMILES string of the molecule is CCC(CF)ON1CCc2cccc3c2C1Cc1ccc(OS(=O)(=O)C(F)(F)F)c(O)c1-3. The van der Waals surface area contributed by atoms with Crippen molar-refractivity contribution in [3.63, 3.8) is 0 Å². The van der Waals surface area contributed by atoms with E-state index >= 15 is 0 Å². The second-order valence-corrected chi connectivity index (χ2v) is 9.25. The predicted octanol–water partition coefficient (Wildman–Crippen LogP) is 4.42. The summed E-state index contributed by atoms with van der Waals surface area (Å²) in [4.78, 5) is 5.88. The van der Waals surface area contributed by atoms with Gasteiger partial charge in [-0.2, -0.15) is 26.7 Å². The van der Waals surface area contributed by atoms with Gasteiger partial charge in [0.1, 0.15) is 12.8 Å². The average molecular weight is 475 g/mol. The van der Waals surface area contributed by atoms with E-state index in [4.69, 9.17) is 4.84 Å². The van der Waals surface area contributed by atoms with Gasteiger partial charge >= 0.3 is 15.6 Å². The van der Waals surface area contributed by atoms with E-state index in [1.165, 1.54) is 6.07 Å². The van der Waals surface area contributed by atoms with Gasteiger partial charge < -0.3 is 9.29 Å². The highest BCUT2D eigenvalue weighted by atomic mass is 32.2. The zero-order chi connectivity index (χ0) is 23.3. The van der Waals surface area contributed by atoms with Crippen LogP contribution in [0.2, 0.25) is 0 Å². The third-order valence-corrected chi connectivity index (χ3v) is 6.75. The molecule has 1 aliphatic carbocycles. The fourth-order valence-electron chi connectivity index (χ4n) is 4.23. The molecule has 0 spiro atoms. The van der Waals surface area contributed by atoms with Crippen LogP contribution < -0.4 is 4.18 Å². The van der Waals surface area contributed by atoms with Crippen LogP contribution in [0.25, 0.3) is 11.1 Å². The molecular formula is C21H21F4NO5S. The first kappa shape index (κ1) is 22.8. The Bertz CT molecular complexity index is 1130. The average Bonchev–Trinajstić information content (AvgIpc) is 2.74. The van der Waals surface area contributed by atoms with Gasteiger partial charge in [0, 0.05) is 12.1 Å². The van der Waals surface area contributed by atoms with Gasteiger partial charge in [-0.15, -0.1) is 0 Å². The molecule has 11 heteroatoms. The van der Waals surface area contributed by atoms with Gasteiger partial charge in [0.05, 0.1) is 6.04 Å². The van der Waals surface area contributed by atoms with Crippen molar-refractivity contribution in [3.05, 3.63) is 47.0 Å². The summed E-state index contributed by atoms with van der Waals surface area (Å²) < 4.78 is 78.6. The summed E-state index contributed by atoms with van der Waals surface area (Å²) in [7, 11) is -5.94. The van der Waals surface area contributed by atoms with Crippen LogP contribution in [0.1, 0.15) is 36.1 Å². The van der Waals surface area contributed by atoms with Crippen molar-refractivity contribution < 1.29 is 40.1 Å². The van der Waals surface area contributed by atoms with Gasteiger partial charge in [-0.3, -0.25) is 4.84 Å². The normalized spacial score (nSPS) is 19.2. The topological polar surface area (TPSA) is 76.1 Å². The Kier molecular flexibility index (Phi) is 5.84. The number of fused-ring (bicyclic) bond motifs is 2. The van der Waals surface area contributed by atoms with Crippen molar-refractivity contribution in [2.45, 2.75) is 43.8 Å². The fraction of sp³-hybridized carbons (Fsp3) is 0.429. The lowest BCUT2D eigenvalue weighted by molar-refractivity contribution is -0.230. The molecule has 2 aliphatic rings. The van der Waals surface area contributed by atoms with Crippen LogP contribution in [0.15, 0.2) is 30.3 Å². The van der Waals surface area contributed by atoms with Gasteiger partial charge in [0.15, 0.2) is 11.5 Å². The molecule has 0 amide bonds. The molecule has 2 atom stereocenters. The van der Waals surface area contributed by atoms with Crippen LogP contribution >= 0.6 is 0 Å². The molecule has 4 rings (SSSR count). The lowest BCUT2D eigenvalue weighted by Crippen LogP contribution is -2.41. The second kappa shape index (κ2) is 8.20. The summed E-state index contributed by atoms with van der Waals surface area (Å²) in [5.41, 5.74) is -2.50. The van der Waals surface area contributed by atoms with E-state index in [0.29, 0.717) is 36.9 Å². The Labute approximate surface area is 182 Å². The maximum atomic E-state index is 13.3. The zero-order valence-corrected chi connectivity index (χ0v) is 17.8. The van der Waals surface area contributed by atoms with E-state index < -0.39 is 39.9 Å². The number of rotatable bonds is 6. The first-order valence-electron chi connectivity index (χ1n) is 10.0. The second-order valence-electron chi connectivity index (χ2n) is 7.71. The molecule has 2 unspecified atom stereocenters. The maximum absolute atomic E-state index is 13.3. The molecular weight excluding hydrogens is 454 g/mol. The van der Waals surface area contributed by atoms with E-state index in [-0.39, 0.29) is 11.6 Å². The maximum Gasteiger partial charge on any atom is 0.534 e. The molecule has 6 nitrogen and oxygen atoms in total. The number of hydrogen-bond acceptors (Lipinski definition) is 6. The molecule has 0 aromatic heterocycles. The van der Waals surface area contributed by atoms with Crippen molar-refractivity contribution in [2.24, 2.45) is 0 Å². The Morgan fingerprint density at radius 2 is 1.97 bits per heavy atom. The van der Waals surface area contributed by atoms with Crippen LogP contribution in [0.5, 0.6) is 11.5 Å². The van der Waals surface area contributed by atoms with Crippen LogP contribution in [0.4, 0.5) is 17.6 Å². The Hall–Kier alpha value is -2.37. The van der Waals surface area contributed by atoms with Gasteiger partial charge in [-0.1, -0.05) is 31.2 Å². The Morgan fingerprint density at radius 3 is 2.62 bits per heavy atom. The van der Waals surface area contributed by atoms with E-state index in [9.17, 15) is 31.1 Å². The summed E-state index contributed by atoms with van der Waals surface area (Å²) >= 11 is 0. The third-order valence-electron chi connectivity index (χ3n) is 5.78. The molecule has 32 heavy (non-hydrogen) atoms. The molecule has 1 N–H and O–H groups in total. The van der Waals surface area contributed by atoms with E-state index in [1.807, 2.05) is 13.0 Å². The summed E-state index contributed by atoms with van der Waals surface area (Å²) in [6.45, 7) is 1.71. The van der Waals surface area contributed by atoms with Crippen LogP contribution in [0.3, 0.4) is 0 Å². The summed E-state index contributed by atoms with van der Waals surface area (Å²) in [6, 6.07) is 7.50. The van der Waals surface area contributed by atoms with E-state index in [1.54, 1.807) is 17.2 Å². The minimum absolute atomic E-state index is 0.215. The number of aromatic hydroxyl groups is 1. The molecule has 0 saturated carbocycles. The first-order valence-corrected chi connectivity index (χ1v) is 11.4. The van der Waals surface area contributed by atoms with Crippen molar-refractivity contribution >= 4 is 10.1 Å². The summed E-state index contributed by atoms with van der Waals surface area (Å²) in [5, 5.41) is 12.4. The molecule has 0 saturated heterocycles. The quantitative estimate of drug-likeness (QED) is 0.379. The van der Waals surface area contributed by atoms with Crippen LogP contribution in [-0.4, -0.2) is 43.4 Å². The third kappa shape index (κ3) is 3.82. The van der Waals surface area contributed by atoms with Gasteiger partial charge in [0.25, 0.3) is 0 Å². The molecule has 1 heterocycles. The molecule has 174 valence electrons. The van der Waals surface area contributed by atoms with Crippen molar-refractivity contribution in [3.8, 4) is 22.6 Å². The molecule has 0 radical (unpaired) electrons. The number of halogens is 4. The number of alkyl halides is 4. The minimum atomic E-state index is -5.94. The zero-order valence-electron chi connectivity index (χ0n) is 17.0. The standard InChI is InChI=1S/C21H21F4NO5S/c1-2-14(11-22)30-26-9-8-12-4-3-5-15-18(12)16(26)10-13-6-7-17(20(27)19(13)15)31-32(28,29)21(23,24)25/h3-7,14,16,27H,2,8-11H2,1H3. The van der Waals surface area contributed by atoms with Crippen molar-refractivity contribution in [2.75, 3.05) is 13.2 Å². The number of phenolic OH excluding ortho intramolecular Hbond substituents is 1. The number of hydrogen-bond donors (Lipinski definition) is 1. The van der Waals surface area contributed by atoms with E-state index in [0.717, 1.165) is 17.2 Å². The lowest BCUT2D eigenvalue weighted by Gasteiger charge is -2.41. The van der Waals surface area contributed by atoms with E-state index in [2.05, 4.69) is 4.18 Å². The fourth-order valence-corrected chi connectivity index (χ4v) is 4.70. The highest BCUT2D eigenvalue weighted by molar-refractivity contribution is 7.88. The molecule has 0 fully saturated rings. The van der Waals surface area contributed by atoms with Crippen molar-refractivity contribution in [1.82, 2.24) is 5.06 Å². The largest absolute Gasteiger partial charge is 0.534 e. The smallest absolute Gasteiger partial charge is 0.504 e. The summed E-state index contributed by atoms with van der Waals surface area (Å²) in [5.74, 6) is -1.49. The minimum Gasteiger partial charge on any atom is -0.504 e. The van der Waals surface area contributed by atoms with Gasteiger partial charge in [-0.25, -0.2) is 4.39 Å². The highest BCUT2D eigenvalue weighted by Gasteiger charge is 2.49. The predicted molar refractivity (Wildman–Crippen MR) is 107 cm³/mol. The van der Waals surface area contributed by atoms with Crippen LogP contribution in [0, 0.1) is 0 Å². The molecule has 0 bridgehead atoms. The molecule has 2 aromatic rings. The number of benzene rings is 2.